The first kappa shape index (κ1) is 6.41. The molecule has 0 rings (SSSR count). The lowest BCUT2D eigenvalue weighted by atomic mass is 10.5. The Morgan fingerprint density at radius 1 is 1.43 bits per heavy atom. The van der Waals surface area contributed by atoms with Gasteiger partial charge in [-0.3, -0.25) is 0 Å². The Bertz CT molecular complexity index is 72.2. The Morgan fingerprint density at radius 2 is 2.14 bits per heavy atom. The van der Waals surface area contributed by atoms with Crippen LogP contribution in [0.4, 0.5) is 4.39 Å². The minimum absolute atomic E-state index is 0.371. The van der Waals surface area contributed by atoms with Crippen LogP contribution >= 0.6 is 0 Å². The zero-order valence-electron chi connectivity index (χ0n) is 4.39. The molecule has 1 heteroatoms. The van der Waals surface area contributed by atoms with Gasteiger partial charge in [-0.2, -0.15) is 0 Å². The fourth-order valence-corrected chi connectivity index (χ4v) is 0.241. The van der Waals surface area contributed by atoms with Gasteiger partial charge in [0.15, 0.2) is 0 Å². The van der Waals surface area contributed by atoms with Crippen LogP contribution in [-0.4, -0.2) is 6.67 Å². The smallest absolute Gasteiger partial charge is 0.108 e. The van der Waals surface area contributed by atoms with Gasteiger partial charge in [0, 0.05) is 0 Å². The quantitative estimate of drug-likeness (QED) is 0.466. The molecule has 7 heavy (non-hydrogen) atoms. The summed E-state index contributed by atoms with van der Waals surface area (Å²) in [5, 5.41) is 0. The van der Waals surface area contributed by atoms with Gasteiger partial charge in [0.2, 0.25) is 0 Å². The average Bonchev–Trinajstić information content (AvgIpc) is 1.69. The maximum absolute atomic E-state index is 11.2. The molecule has 0 atom stereocenters. The molecule has 0 aliphatic heterocycles. The van der Waals surface area contributed by atoms with E-state index in [1.54, 1.807) is 12.2 Å². The summed E-state index contributed by atoms with van der Waals surface area (Å²) in [5.41, 5.74) is 0. The van der Waals surface area contributed by atoms with E-state index in [4.69, 9.17) is 0 Å². The highest BCUT2D eigenvalue weighted by Crippen LogP contribution is 1.75. The number of halogens is 1. The van der Waals surface area contributed by atoms with Crippen LogP contribution in [0.3, 0.4) is 0 Å². The van der Waals surface area contributed by atoms with Crippen LogP contribution in [0.2, 0.25) is 0 Å². The van der Waals surface area contributed by atoms with Crippen molar-refractivity contribution in [1.29, 1.82) is 0 Å². The van der Waals surface area contributed by atoms with Crippen molar-refractivity contribution < 1.29 is 4.39 Å². The van der Waals surface area contributed by atoms with Gasteiger partial charge >= 0.3 is 0 Å². The van der Waals surface area contributed by atoms with E-state index < -0.39 is 0 Å². The van der Waals surface area contributed by atoms with Gasteiger partial charge in [0.25, 0.3) is 0 Å². The second-order valence-electron chi connectivity index (χ2n) is 1.11. The fourth-order valence-electron chi connectivity index (χ4n) is 0.241. The summed E-state index contributed by atoms with van der Waals surface area (Å²) < 4.78 is 11.2. The molecule has 40 valence electrons. The molecular weight excluding hydrogens is 91.1 g/mol. The number of alkyl halides is 1. The third-order valence-electron chi connectivity index (χ3n) is 0.529. The van der Waals surface area contributed by atoms with Gasteiger partial charge < -0.3 is 0 Å². The molecule has 0 aromatic heterocycles. The monoisotopic (exact) mass is 100 g/mol. The van der Waals surface area contributed by atoms with Crippen molar-refractivity contribution in [3.8, 4) is 0 Å². The molecule has 0 N–H and O–H groups in total. The lowest BCUT2D eigenvalue weighted by Crippen LogP contribution is -1.56. The fraction of sp³-hybridized carbons (Fsp3) is 0.333. The first-order chi connectivity index (χ1) is 3.41. The summed E-state index contributed by atoms with van der Waals surface area (Å²) in [6, 6.07) is 0. The predicted molar refractivity (Wildman–Crippen MR) is 29.9 cm³/mol. The topological polar surface area (TPSA) is 0 Å². The number of allylic oxidation sites excluding steroid dienone is 4. The van der Waals surface area contributed by atoms with Gasteiger partial charge in [-0.25, -0.2) is 4.39 Å². The predicted octanol–water partition coefficient (Wildman–Crippen LogP) is 2.09. The molecule has 0 unspecified atom stereocenters. The van der Waals surface area contributed by atoms with Crippen LogP contribution in [0.5, 0.6) is 0 Å². The minimum atomic E-state index is -0.371. The zero-order chi connectivity index (χ0) is 5.54. The summed E-state index contributed by atoms with van der Waals surface area (Å²) in [6.45, 7) is 1.52. The second kappa shape index (κ2) is 5.41. The molecule has 0 nitrogen and oxygen atoms in total. The third-order valence-corrected chi connectivity index (χ3v) is 0.529. The molecule has 0 amide bonds. The van der Waals surface area contributed by atoms with Crippen LogP contribution in [0.1, 0.15) is 6.92 Å². The second-order valence-corrected chi connectivity index (χ2v) is 1.11. The summed E-state index contributed by atoms with van der Waals surface area (Å²) in [4.78, 5) is 0. The molecule has 0 aromatic rings. The Morgan fingerprint density at radius 3 is 2.57 bits per heavy atom. The normalized spacial score (nSPS) is 11.7. The Balaban J connectivity index is 3.09. The molecule has 0 aliphatic carbocycles. The van der Waals surface area contributed by atoms with E-state index in [0.717, 1.165) is 0 Å². The van der Waals surface area contributed by atoms with E-state index in [-0.39, 0.29) is 6.67 Å². The number of hydrogen-bond acceptors (Lipinski definition) is 0. The van der Waals surface area contributed by atoms with Crippen molar-refractivity contribution in [1.82, 2.24) is 0 Å². The molecule has 0 bridgehead atoms. The van der Waals surface area contributed by atoms with Crippen molar-refractivity contribution in [2.75, 3.05) is 6.67 Å². The van der Waals surface area contributed by atoms with E-state index in [9.17, 15) is 4.39 Å². The molecule has 0 heterocycles. The Hall–Kier alpha value is -0.590. The van der Waals surface area contributed by atoms with Crippen molar-refractivity contribution >= 4 is 0 Å². The Kier molecular flexibility index (Phi) is 4.95. The van der Waals surface area contributed by atoms with Crippen molar-refractivity contribution in [2.24, 2.45) is 0 Å². The molecule has 0 saturated carbocycles. The van der Waals surface area contributed by atoms with Crippen LogP contribution < -0.4 is 0 Å². The SMILES string of the molecule is C/C=C\C=C/CF. The van der Waals surface area contributed by atoms with E-state index in [0.29, 0.717) is 0 Å². The van der Waals surface area contributed by atoms with Crippen LogP contribution in [0.15, 0.2) is 24.3 Å². The highest BCUT2D eigenvalue weighted by Gasteiger charge is 1.60. The lowest BCUT2D eigenvalue weighted by Gasteiger charge is -1.68. The van der Waals surface area contributed by atoms with Crippen molar-refractivity contribution in [3.05, 3.63) is 24.3 Å². The highest BCUT2D eigenvalue weighted by molar-refractivity contribution is 5.00. The largest absolute Gasteiger partial charge is 0.247 e. The Labute approximate surface area is 43.4 Å². The maximum Gasteiger partial charge on any atom is 0.108 e. The maximum atomic E-state index is 11.2. The molecule has 0 aliphatic rings. The minimum Gasteiger partial charge on any atom is -0.247 e. The summed E-state index contributed by atoms with van der Waals surface area (Å²) in [7, 11) is 0. The molecular formula is C6H9F. The molecule has 0 aromatic carbocycles. The van der Waals surface area contributed by atoms with Gasteiger partial charge in [-0.05, 0) is 6.92 Å². The van der Waals surface area contributed by atoms with E-state index >= 15 is 0 Å². The van der Waals surface area contributed by atoms with E-state index in [2.05, 4.69) is 0 Å². The molecule has 0 spiro atoms. The molecule has 0 saturated heterocycles. The summed E-state index contributed by atoms with van der Waals surface area (Å²) in [5.74, 6) is 0. The molecule has 0 radical (unpaired) electrons. The van der Waals surface area contributed by atoms with Crippen LogP contribution in [0.25, 0.3) is 0 Å². The van der Waals surface area contributed by atoms with Crippen LogP contribution in [-0.2, 0) is 0 Å². The average molecular weight is 100 g/mol. The van der Waals surface area contributed by atoms with E-state index in [1.165, 1.54) is 6.08 Å². The van der Waals surface area contributed by atoms with Gasteiger partial charge in [-0.15, -0.1) is 0 Å². The van der Waals surface area contributed by atoms with Gasteiger partial charge in [0.05, 0.1) is 0 Å². The standard InChI is InChI=1S/C6H9F/c1-2-3-4-5-6-7/h2-5H,6H2,1H3/b3-2-,5-4-. The first-order valence-electron chi connectivity index (χ1n) is 2.25. The summed E-state index contributed by atoms with van der Waals surface area (Å²) >= 11 is 0. The van der Waals surface area contributed by atoms with Crippen molar-refractivity contribution in [3.63, 3.8) is 0 Å². The first-order valence-corrected chi connectivity index (χ1v) is 2.25. The third kappa shape index (κ3) is 5.41. The van der Waals surface area contributed by atoms with Crippen molar-refractivity contribution in [2.45, 2.75) is 6.92 Å². The molecule has 0 fully saturated rings. The number of rotatable bonds is 2. The highest BCUT2D eigenvalue weighted by atomic mass is 19.1. The van der Waals surface area contributed by atoms with E-state index in [1.807, 2.05) is 13.0 Å². The summed E-state index contributed by atoms with van der Waals surface area (Å²) in [6.07, 6.45) is 6.78. The van der Waals surface area contributed by atoms with Crippen LogP contribution in [0, 0.1) is 0 Å². The van der Waals surface area contributed by atoms with Gasteiger partial charge in [0.1, 0.15) is 6.67 Å². The lowest BCUT2D eigenvalue weighted by molar-refractivity contribution is 0.562. The number of hydrogen-bond donors (Lipinski definition) is 0. The zero-order valence-corrected chi connectivity index (χ0v) is 4.39. The van der Waals surface area contributed by atoms with Gasteiger partial charge in [-0.1, -0.05) is 24.3 Å².